The second-order valence-corrected chi connectivity index (χ2v) is 5.88. The lowest BCUT2D eigenvalue weighted by Gasteiger charge is -2.14. The molecule has 0 saturated heterocycles. The number of esters is 1. The Hall–Kier alpha value is -3.61. The monoisotopic (exact) mass is 363 g/mol. The van der Waals surface area contributed by atoms with Gasteiger partial charge in [-0.3, -0.25) is 14.6 Å². The molecule has 1 atom stereocenters. The van der Waals surface area contributed by atoms with Crippen LogP contribution in [0, 0.1) is 0 Å². The Labute approximate surface area is 155 Å². The first-order valence-corrected chi connectivity index (χ1v) is 8.29. The van der Waals surface area contributed by atoms with Gasteiger partial charge < -0.3 is 10.1 Å². The Morgan fingerprint density at radius 3 is 2.41 bits per heavy atom. The van der Waals surface area contributed by atoms with Crippen LogP contribution in [0.15, 0.2) is 54.7 Å². The number of nitrogens with zero attached hydrogens (tertiary/aromatic N) is 2. The fourth-order valence-electron chi connectivity index (χ4n) is 2.46. The number of carbonyl (C=O) groups excluding carboxylic acids is 3. The van der Waals surface area contributed by atoms with Crippen molar-refractivity contribution in [1.82, 2.24) is 9.97 Å². The number of Topliss-reactive ketones (excluding diaryl/α,β-unsaturated/α-hetero) is 1. The number of fused-ring (bicyclic) bond motifs is 1. The molecule has 27 heavy (non-hydrogen) atoms. The third-order valence-electron chi connectivity index (χ3n) is 3.87. The molecule has 1 heterocycles. The number of aromatic nitrogens is 2. The van der Waals surface area contributed by atoms with E-state index in [4.69, 9.17) is 4.74 Å². The second kappa shape index (κ2) is 7.74. The van der Waals surface area contributed by atoms with E-state index in [1.807, 2.05) is 6.07 Å². The number of carbonyl (C=O) groups is 3. The zero-order valence-electron chi connectivity index (χ0n) is 14.8. The van der Waals surface area contributed by atoms with Crippen LogP contribution >= 0.6 is 0 Å². The van der Waals surface area contributed by atoms with E-state index in [1.165, 1.54) is 20.0 Å². The normalized spacial score (nSPS) is 11.6. The average Bonchev–Trinajstić information content (AvgIpc) is 2.67. The van der Waals surface area contributed by atoms with Crippen LogP contribution in [0.2, 0.25) is 0 Å². The fourth-order valence-corrected chi connectivity index (χ4v) is 2.46. The lowest BCUT2D eigenvalue weighted by atomic mass is 10.1. The van der Waals surface area contributed by atoms with Gasteiger partial charge in [0.1, 0.15) is 0 Å². The number of rotatable bonds is 5. The van der Waals surface area contributed by atoms with Crippen LogP contribution in [0.3, 0.4) is 0 Å². The van der Waals surface area contributed by atoms with Crippen molar-refractivity contribution in [3.05, 3.63) is 66.0 Å². The summed E-state index contributed by atoms with van der Waals surface area (Å²) in [4.78, 5) is 44.6. The minimum Gasteiger partial charge on any atom is -0.448 e. The summed E-state index contributed by atoms with van der Waals surface area (Å²) in [5.41, 5.74) is 1.96. The number of ketones is 1. The molecule has 3 rings (SSSR count). The summed E-state index contributed by atoms with van der Waals surface area (Å²) < 4.78 is 5.18. The predicted octanol–water partition coefficient (Wildman–Crippen LogP) is 3.02. The molecule has 7 heteroatoms. The van der Waals surface area contributed by atoms with E-state index in [-0.39, 0.29) is 11.5 Å². The predicted molar refractivity (Wildman–Crippen MR) is 99.5 cm³/mol. The van der Waals surface area contributed by atoms with Gasteiger partial charge in [-0.25, -0.2) is 9.78 Å². The van der Waals surface area contributed by atoms with Crippen LogP contribution in [-0.2, 0) is 9.53 Å². The van der Waals surface area contributed by atoms with Crippen LogP contribution in [0.25, 0.3) is 11.0 Å². The second-order valence-electron chi connectivity index (χ2n) is 5.88. The number of benzene rings is 2. The third-order valence-corrected chi connectivity index (χ3v) is 3.87. The van der Waals surface area contributed by atoms with Crippen molar-refractivity contribution in [2.45, 2.75) is 20.0 Å². The molecule has 1 aromatic heterocycles. The molecule has 0 bridgehead atoms. The molecule has 136 valence electrons. The van der Waals surface area contributed by atoms with Gasteiger partial charge in [-0.15, -0.1) is 0 Å². The standard InChI is InChI=1S/C20H17N3O4/c1-12(24)14-7-3-4-8-15(14)23-19(25)13(2)27-20(26)18-11-21-16-9-5-6-10-17(16)22-18/h3-11,13H,1-2H3,(H,23,25)/t13-/m1/s1. The first-order chi connectivity index (χ1) is 13.0. The first kappa shape index (κ1) is 18.2. The molecule has 0 aliphatic heterocycles. The summed E-state index contributed by atoms with van der Waals surface area (Å²) in [6.07, 6.45) is 0.228. The molecule has 0 aliphatic carbocycles. The number of hydrogen-bond donors (Lipinski definition) is 1. The Morgan fingerprint density at radius 1 is 1.00 bits per heavy atom. The largest absolute Gasteiger partial charge is 0.448 e. The van der Waals surface area contributed by atoms with E-state index in [0.717, 1.165) is 0 Å². The Morgan fingerprint density at radius 2 is 1.67 bits per heavy atom. The zero-order valence-corrected chi connectivity index (χ0v) is 14.8. The molecular weight excluding hydrogens is 346 g/mol. The van der Waals surface area contributed by atoms with E-state index in [9.17, 15) is 14.4 Å². The molecule has 0 spiro atoms. The van der Waals surface area contributed by atoms with Crippen LogP contribution in [-0.4, -0.2) is 33.7 Å². The average molecular weight is 363 g/mol. The smallest absolute Gasteiger partial charge is 0.359 e. The van der Waals surface area contributed by atoms with E-state index in [0.29, 0.717) is 22.3 Å². The number of para-hydroxylation sites is 3. The molecule has 0 saturated carbocycles. The van der Waals surface area contributed by atoms with Crippen LogP contribution in [0.5, 0.6) is 0 Å². The van der Waals surface area contributed by atoms with Crippen LogP contribution < -0.4 is 5.32 Å². The Balaban J connectivity index is 1.70. The van der Waals surface area contributed by atoms with Crippen molar-refractivity contribution in [3.8, 4) is 0 Å². The van der Waals surface area contributed by atoms with E-state index < -0.39 is 18.0 Å². The summed E-state index contributed by atoms with van der Waals surface area (Å²) >= 11 is 0. The number of ether oxygens (including phenoxy) is 1. The summed E-state index contributed by atoms with van der Waals surface area (Å²) in [6, 6.07) is 13.7. The van der Waals surface area contributed by atoms with Crippen molar-refractivity contribution in [3.63, 3.8) is 0 Å². The number of anilines is 1. The van der Waals surface area contributed by atoms with Gasteiger partial charge in [0.2, 0.25) is 0 Å². The maximum atomic E-state index is 12.3. The maximum absolute atomic E-state index is 12.3. The minimum atomic E-state index is -1.08. The SMILES string of the molecule is CC(=O)c1ccccc1NC(=O)[C@@H](C)OC(=O)c1cnc2ccccc2n1. The molecule has 0 fully saturated rings. The summed E-state index contributed by atoms with van der Waals surface area (Å²) in [5, 5.41) is 2.61. The third kappa shape index (κ3) is 4.14. The minimum absolute atomic E-state index is 0.0116. The van der Waals surface area contributed by atoms with Crippen LogP contribution in [0.1, 0.15) is 34.7 Å². The highest BCUT2D eigenvalue weighted by molar-refractivity contribution is 6.05. The lowest BCUT2D eigenvalue weighted by Crippen LogP contribution is -2.30. The zero-order chi connectivity index (χ0) is 19.4. The highest BCUT2D eigenvalue weighted by Gasteiger charge is 2.21. The first-order valence-electron chi connectivity index (χ1n) is 8.29. The fraction of sp³-hybridized carbons (Fsp3) is 0.150. The van der Waals surface area contributed by atoms with E-state index in [2.05, 4.69) is 15.3 Å². The summed E-state index contributed by atoms with van der Waals surface area (Å²) in [6.45, 7) is 2.85. The van der Waals surface area contributed by atoms with Gasteiger partial charge in [0.05, 0.1) is 22.9 Å². The molecule has 0 aliphatic rings. The molecule has 1 amide bonds. The lowest BCUT2D eigenvalue weighted by molar-refractivity contribution is -0.123. The summed E-state index contributed by atoms with van der Waals surface area (Å²) in [5.74, 6) is -1.48. The molecule has 2 aromatic carbocycles. The maximum Gasteiger partial charge on any atom is 0.359 e. The number of nitrogens with one attached hydrogen (secondary N) is 1. The van der Waals surface area contributed by atoms with Gasteiger partial charge in [0.25, 0.3) is 5.91 Å². The van der Waals surface area contributed by atoms with Gasteiger partial charge in [0.15, 0.2) is 17.6 Å². The van der Waals surface area contributed by atoms with Crippen LogP contribution in [0.4, 0.5) is 5.69 Å². The van der Waals surface area contributed by atoms with Gasteiger partial charge >= 0.3 is 5.97 Å². The van der Waals surface area contributed by atoms with E-state index in [1.54, 1.807) is 42.5 Å². The van der Waals surface area contributed by atoms with Gasteiger partial charge in [-0.1, -0.05) is 24.3 Å². The Bertz CT molecular complexity index is 1030. The van der Waals surface area contributed by atoms with Gasteiger partial charge in [0, 0.05) is 5.56 Å². The van der Waals surface area contributed by atoms with E-state index >= 15 is 0 Å². The number of amides is 1. The topological polar surface area (TPSA) is 98.2 Å². The highest BCUT2D eigenvalue weighted by Crippen LogP contribution is 2.16. The van der Waals surface area contributed by atoms with Crippen molar-refractivity contribution < 1.29 is 19.1 Å². The quantitative estimate of drug-likeness (QED) is 0.553. The molecule has 0 unspecified atom stereocenters. The van der Waals surface area contributed by atoms with Gasteiger partial charge in [-0.05, 0) is 38.1 Å². The van der Waals surface area contributed by atoms with Crippen molar-refractivity contribution in [2.75, 3.05) is 5.32 Å². The summed E-state index contributed by atoms with van der Waals surface area (Å²) in [7, 11) is 0. The van der Waals surface area contributed by atoms with Gasteiger partial charge in [-0.2, -0.15) is 0 Å². The highest BCUT2D eigenvalue weighted by atomic mass is 16.5. The van der Waals surface area contributed by atoms with Crippen molar-refractivity contribution in [2.24, 2.45) is 0 Å². The molecule has 3 aromatic rings. The van der Waals surface area contributed by atoms with Crippen molar-refractivity contribution in [1.29, 1.82) is 0 Å². The van der Waals surface area contributed by atoms with Crippen molar-refractivity contribution >= 4 is 34.4 Å². The Kier molecular flexibility index (Phi) is 5.21. The molecule has 1 N–H and O–H groups in total. The molecule has 7 nitrogen and oxygen atoms in total. The number of hydrogen-bond acceptors (Lipinski definition) is 6. The molecular formula is C20H17N3O4. The molecule has 0 radical (unpaired) electrons.